The van der Waals surface area contributed by atoms with Gasteiger partial charge in [-0.3, -0.25) is 4.99 Å². The summed E-state index contributed by atoms with van der Waals surface area (Å²) in [6.45, 7) is 1.99. The van der Waals surface area contributed by atoms with Gasteiger partial charge in [0, 0.05) is 22.9 Å². The van der Waals surface area contributed by atoms with Gasteiger partial charge >= 0.3 is 0 Å². The lowest BCUT2D eigenvalue weighted by Gasteiger charge is -2.31. The molecule has 1 saturated heterocycles. The number of thiocarbonyl (C=S) groups is 1. The Morgan fingerprint density at radius 3 is 2.42 bits per heavy atom. The van der Waals surface area contributed by atoms with Crippen LogP contribution < -0.4 is 10.6 Å². The third-order valence-corrected chi connectivity index (χ3v) is 4.26. The zero-order valence-electron chi connectivity index (χ0n) is 10.3. The number of hydrogen-bond acceptors (Lipinski definition) is 3. The highest BCUT2D eigenvalue weighted by atomic mass is 79.9. The van der Waals surface area contributed by atoms with Crippen LogP contribution in [0.15, 0.2) is 33.7 Å². The smallest absolute Gasteiger partial charge is 0.133 e. The van der Waals surface area contributed by atoms with E-state index < -0.39 is 0 Å². The molecular formula is C13H15BrClN3S. The van der Waals surface area contributed by atoms with Crippen molar-refractivity contribution < 1.29 is 0 Å². The van der Waals surface area contributed by atoms with Crippen molar-refractivity contribution >= 4 is 51.3 Å². The van der Waals surface area contributed by atoms with Gasteiger partial charge in [0.2, 0.25) is 0 Å². The van der Waals surface area contributed by atoms with Crippen LogP contribution in [0, 0.1) is 0 Å². The van der Waals surface area contributed by atoms with Gasteiger partial charge in [-0.2, -0.15) is 0 Å². The van der Waals surface area contributed by atoms with E-state index in [1.807, 2.05) is 12.1 Å². The number of piperidine rings is 1. The lowest BCUT2D eigenvalue weighted by molar-refractivity contribution is 0.300. The molecule has 1 fully saturated rings. The predicted molar refractivity (Wildman–Crippen MR) is 88.5 cm³/mol. The first-order chi connectivity index (χ1) is 8.69. The summed E-state index contributed by atoms with van der Waals surface area (Å²) in [5, 5.41) is 6.76. The van der Waals surface area contributed by atoms with Gasteiger partial charge in [0.25, 0.3) is 0 Å². The Labute approximate surface area is 132 Å². The SMILES string of the molecule is Cl.S=C1NC2(CCNCC2)N=C1c1ccc(Br)cc1. The standard InChI is InChI=1S/C13H14BrN3S.ClH/c14-10-3-1-9(2-4-10)11-12(18)17-13(16-11)5-7-15-8-6-13;/h1-4,15H,5-8H2,(H,17,18);1H. The fraction of sp³-hybridized carbons (Fsp3) is 0.385. The van der Waals surface area contributed by atoms with Crippen molar-refractivity contribution in [1.29, 1.82) is 0 Å². The average Bonchev–Trinajstić information content (AvgIpc) is 2.68. The van der Waals surface area contributed by atoms with Crippen molar-refractivity contribution in [3.8, 4) is 0 Å². The monoisotopic (exact) mass is 359 g/mol. The molecule has 1 aromatic carbocycles. The Morgan fingerprint density at radius 2 is 1.79 bits per heavy atom. The van der Waals surface area contributed by atoms with Crippen LogP contribution in [0.1, 0.15) is 18.4 Å². The molecule has 6 heteroatoms. The first kappa shape index (κ1) is 14.9. The highest BCUT2D eigenvalue weighted by Gasteiger charge is 2.38. The minimum atomic E-state index is -0.162. The van der Waals surface area contributed by atoms with E-state index in [2.05, 4.69) is 38.7 Å². The van der Waals surface area contributed by atoms with Crippen molar-refractivity contribution in [2.24, 2.45) is 4.99 Å². The van der Waals surface area contributed by atoms with Crippen LogP contribution in [-0.4, -0.2) is 29.5 Å². The van der Waals surface area contributed by atoms with E-state index in [0.29, 0.717) is 0 Å². The maximum absolute atomic E-state index is 5.43. The van der Waals surface area contributed by atoms with Gasteiger partial charge in [-0.15, -0.1) is 12.4 Å². The van der Waals surface area contributed by atoms with Crippen molar-refractivity contribution in [2.45, 2.75) is 18.5 Å². The molecule has 102 valence electrons. The molecule has 3 nitrogen and oxygen atoms in total. The lowest BCUT2D eigenvalue weighted by atomic mass is 10.00. The minimum Gasteiger partial charge on any atom is -0.350 e. The normalized spacial score (nSPS) is 20.7. The first-order valence-electron chi connectivity index (χ1n) is 6.08. The summed E-state index contributed by atoms with van der Waals surface area (Å²) in [5.74, 6) is 0. The van der Waals surface area contributed by atoms with Gasteiger partial charge in [0.15, 0.2) is 0 Å². The molecule has 1 spiro atoms. The quantitative estimate of drug-likeness (QED) is 0.756. The largest absolute Gasteiger partial charge is 0.350 e. The fourth-order valence-electron chi connectivity index (χ4n) is 2.44. The van der Waals surface area contributed by atoms with E-state index in [1.165, 1.54) is 0 Å². The zero-order chi connectivity index (χ0) is 12.6. The second-order valence-corrected chi connectivity index (χ2v) is 6.03. The molecule has 1 aromatic rings. The summed E-state index contributed by atoms with van der Waals surface area (Å²) in [5.41, 5.74) is 1.86. The van der Waals surface area contributed by atoms with Crippen LogP contribution in [-0.2, 0) is 0 Å². The molecule has 0 atom stereocenters. The maximum Gasteiger partial charge on any atom is 0.133 e. The minimum absolute atomic E-state index is 0. The Bertz CT molecular complexity index is 509. The second-order valence-electron chi connectivity index (χ2n) is 4.70. The average molecular weight is 361 g/mol. The lowest BCUT2D eigenvalue weighted by Crippen LogP contribution is -2.49. The topological polar surface area (TPSA) is 36.4 Å². The van der Waals surface area contributed by atoms with Crippen LogP contribution in [0.25, 0.3) is 0 Å². The van der Waals surface area contributed by atoms with E-state index in [1.54, 1.807) is 0 Å². The summed E-state index contributed by atoms with van der Waals surface area (Å²) >= 11 is 8.88. The predicted octanol–water partition coefficient (Wildman–Crippen LogP) is 2.67. The van der Waals surface area contributed by atoms with Gasteiger partial charge in [0.05, 0.1) is 0 Å². The van der Waals surface area contributed by atoms with Crippen LogP contribution in [0.2, 0.25) is 0 Å². The summed E-state index contributed by atoms with van der Waals surface area (Å²) in [6, 6.07) is 8.15. The highest BCUT2D eigenvalue weighted by Crippen LogP contribution is 2.26. The Morgan fingerprint density at radius 1 is 1.16 bits per heavy atom. The number of nitrogens with zero attached hydrogens (tertiary/aromatic N) is 1. The maximum atomic E-state index is 5.43. The molecule has 0 aliphatic carbocycles. The third-order valence-electron chi connectivity index (χ3n) is 3.44. The summed E-state index contributed by atoms with van der Waals surface area (Å²) in [4.78, 5) is 5.65. The molecule has 2 N–H and O–H groups in total. The molecule has 2 aliphatic rings. The van der Waals surface area contributed by atoms with E-state index >= 15 is 0 Å². The van der Waals surface area contributed by atoms with Crippen molar-refractivity contribution in [1.82, 2.24) is 10.6 Å². The van der Waals surface area contributed by atoms with E-state index in [0.717, 1.165) is 46.7 Å². The van der Waals surface area contributed by atoms with E-state index in [4.69, 9.17) is 17.2 Å². The Hall–Kier alpha value is -0.490. The number of rotatable bonds is 1. The van der Waals surface area contributed by atoms with Crippen molar-refractivity contribution in [3.05, 3.63) is 34.3 Å². The first-order valence-corrected chi connectivity index (χ1v) is 7.28. The van der Waals surface area contributed by atoms with Crippen molar-refractivity contribution in [2.75, 3.05) is 13.1 Å². The molecule has 0 unspecified atom stereocenters. The van der Waals surface area contributed by atoms with Crippen molar-refractivity contribution in [3.63, 3.8) is 0 Å². The summed E-state index contributed by atoms with van der Waals surface area (Å²) < 4.78 is 1.07. The second kappa shape index (κ2) is 5.87. The molecule has 0 amide bonds. The van der Waals surface area contributed by atoms with Crippen LogP contribution in [0.3, 0.4) is 0 Å². The van der Waals surface area contributed by atoms with Crippen LogP contribution >= 0.6 is 40.6 Å². The van der Waals surface area contributed by atoms with Gasteiger partial charge in [-0.25, -0.2) is 0 Å². The van der Waals surface area contributed by atoms with Crippen LogP contribution in [0.5, 0.6) is 0 Å². The van der Waals surface area contributed by atoms with Gasteiger partial charge < -0.3 is 10.6 Å². The Kier molecular flexibility index (Phi) is 4.61. The Balaban J connectivity index is 0.00000133. The molecular weight excluding hydrogens is 346 g/mol. The molecule has 19 heavy (non-hydrogen) atoms. The molecule has 0 saturated carbocycles. The number of aliphatic imine (C=N–C) groups is 1. The molecule has 2 heterocycles. The van der Waals surface area contributed by atoms with Crippen LogP contribution in [0.4, 0.5) is 0 Å². The fourth-order valence-corrected chi connectivity index (χ4v) is 3.06. The number of hydrogen-bond donors (Lipinski definition) is 2. The number of nitrogens with one attached hydrogen (secondary N) is 2. The van der Waals surface area contributed by atoms with Gasteiger partial charge in [0.1, 0.15) is 16.4 Å². The highest BCUT2D eigenvalue weighted by molar-refractivity contribution is 9.10. The summed E-state index contributed by atoms with van der Waals surface area (Å²) in [7, 11) is 0. The zero-order valence-corrected chi connectivity index (χ0v) is 13.5. The van der Waals surface area contributed by atoms with E-state index in [9.17, 15) is 0 Å². The molecule has 3 rings (SSSR count). The third kappa shape index (κ3) is 2.99. The van der Waals surface area contributed by atoms with Gasteiger partial charge in [-0.05, 0) is 25.2 Å². The number of halogens is 2. The summed E-state index contributed by atoms with van der Waals surface area (Å²) in [6.07, 6.45) is 1.99. The van der Waals surface area contributed by atoms with Gasteiger partial charge in [-0.1, -0.05) is 40.3 Å². The molecule has 0 radical (unpaired) electrons. The molecule has 0 aromatic heterocycles. The molecule has 2 aliphatic heterocycles. The molecule has 0 bridgehead atoms. The van der Waals surface area contributed by atoms with E-state index in [-0.39, 0.29) is 18.1 Å². The number of benzene rings is 1.